The van der Waals surface area contributed by atoms with E-state index < -0.39 is 12.1 Å². The number of aromatic nitrogens is 1. The number of carbonyl (C=O) groups excluding carboxylic acids is 1. The van der Waals surface area contributed by atoms with Crippen molar-refractivity contribution in [1.82, 2.24) is 10.5 Å². The van der Waals surface area contributed by atoms with Crippen LogP contribution in [0.1, 0.15) is 45.8 Å². The van der Waals surface area contributed by atoms with E-state index in [0.29, 0.717) is 11.5 Å². The van der Waals surface area contributed by atoms with Gasteiger partial charge < -0.3 is 14.9 Å². The molecule has 2 N–H and O–H groups in total. The second-order valence-electron chi connectivity index (χ2n) is 6.85. The second-order valence-corrected chi connectivity index (χ2v) is 7.23. The Bertz CT molecular complexity index is 628. The Kier molecular flexibility index (Phi) is 3.69. The van der Waals surface area contributed by atoms with Gasteiger partial charge in [0.25, 0.3) is 5.91 Å². The molecule has 1 aliphatic heterocycles. The third-order valence-corrected chi connectivity index (χ3v) is 4.46. The maximum Gasteiger partial charge on any atom is 0.275 e. The highest BCUT2D eigenvalue weighted by Crippen LogP contribution is 2.34. The van der Waals surface area contributed by atoms with E-state index in [1.54, 1.807) is 6.07 Å². The van der Waals surface area contributed by atoms with Crippen molar-refractivity contribution in [1.29, 1.82) is 0 Å². The molecule has 0 spiro atoms. The van der Waals surface area contributed by atoms with E-state index in [9.17, 15) is 9.90 Å². The zero-order valence-corrected chi connectivity index (χ0v) is 13.6. The van der Waals surface area contributed by atoms with Gasteiger partial charge in [0.1, 0.15) is 10.8 Å². The first-order chi connectivity index (χ1) is 10.3. The molecule has 1 amide bonds. The van der Waals surface area contributed by atoms with Gasteiger partial charge in [-0.1, -0.05) is 37.5 Å². The predicted molar refractivity (Wildman–Crippen MR) is 82.3 cm³/mol. The fraction of sp³-hybridized carbons (Fsp3) is 0.600. The van der Waals surface area contributed by atoms with Crippen molar-refractivity contribution in [3.05, 3.63) is 22.6 Å². The third kappa shape index (κ3) is 2.50. The molecule has 0 radical (unpaired) electrons. The molecule has 3 rings (SSSR count). The van der Waals surface area contributed by atoms with E-state index in [4.69, 9.17) is 16.1 Å². The normalized spacial score (nSPS) is 23.2. The number of rotatable bonds is 3. The summed E-state index contributed by atoms with van der Waals surface area (Å²) in [7, 11) is 0. The van der Waals surface area contributed by atoms with E-state index >= 15 is 0 Å². The molecule has 0 aromatic carbocycles. The minimum atomic E-state index is -1.15. The number of aliphatic hydroxyl groups excluding tert-OH is 1. The van der Waals surface area contributed by atoms with Crippen molar-refractivity contribution in [2.45, 2.75) is 57.7 Å². The van der Waals surface area contributed by atoms with Crippen LogP contribution in [0.15, 0.2) is 21.3 Å². The van der Waals surface area contributed by atoms with Gasteiger partial charge in [-0.15, -0.1) is 0 Å². The minimum absolute atomic E-state index is 0.0136. The van der Waals surface area contributed by atoms with Crippen LogP contribution in [-0.2, 0) is 10.2 Å². The van der Waals surface area contributed by atoms with Crippen LogP contribution in [-0.4, -0.2) is 28.4 Å². The lowest BCUT2D eigenvalue weighted by molar-refractivity contribution is -0.115. The smallest absolute Gasteiger partial charge is 0.275 e. The topological polar surface area (TPSA) is 78.6 Å². The van der Waals surface area contributed by atoms with Gasteiger partial charge in [0.15, 0.2) is 12.0 Å². The van der Waals surface area contributed by atoms with E-state index in [2.05, 4.69) is 10.5 Å². The fourth-order valence-corrected chi connectivity index (χ4v) is 2.69. The molecule has 1 unspecified atom stereocenters. The van der Waals surface area contributed by atoms with Crippen LogP contribution in [0.5, 0.6) is 0 Å². The molecule has 0 bridgehead atoms. The Labute approximate surface area is 134 Å². The van der Waals surface area contributed by atoms with Crippen molar-refractivity contribution in [2.75, 3.05) is 4.90 Å². The van der Waals surface area contributed by atoms with E-state index in [-0.39, 0.29) is 22.3 Å². The van der Waals surface area contributed by atoms with E-state index in [0.717, 1.165) is 24.2 Å². The molecule has 0 saturated heterocycles. The first-order valence-electron chi connectivity index (χ1n) is 7.44. The lowest BCUT2D eigenvalue weighted by Gasteiger charge is -2.29. The van der Waals surface area contributed by atoms with Crippen LogP contribution < -0.4 is 10.2 Å². The summed E-state index contributed by atoms with van der Waals surface area (Å²) >= 11 is 6.10. The molecule has 6 nitrogen and oxygen atoms in total. The summed E-state index contributed by atoms with van der Waals surface area (Å²) in [4.78, 5) is 13.5. The summed E-state index contributed by atoms with van der Waals surface area (Å²) < 4.78 is 5.29. The number of nitrogens with zero attached hydrogens (tertiary/aromatic N) is 2. The number of amides is 1. The van der Waals surface area contributed by atoms with Gasteiger partial charge in [0.05, 0.1) is 5.70 Å². The minimum Gasteiger partial charge on any atom is -0.381 e. The van der Waals surface area contributed by atoms with Crippen molar-refractivity contribution in [2.24, 2.45) is 0 Å². The molecule has 120 valence electrons. The Hall–Kier alpha value is -1.53. The molecule has 1 fully saturated rings. The van der Waals surface area contributed by atoms with Crippen LogP contribution in [0.25, 0.3) is 0 Å². The van der Waals surface area contributed by atoms with Gasteiger partial charge in [0, 0.05) is 17.5 Å². The fourth-order valence-electron chi connectivity index (χ4n) is 2.45. The summed E-state index contributed by atoms with van der Waals surface area (Å²) in [5, 5.41) is 17.5. The number of hydrogen-bond acceptors (Lipinski definition) is 5. The Morgan fingerprint density at radius 3 is 2.64 bits per heavy atom. The number of halogens is 1. The zero-order chi connectivity index (χ0) is 16.1. The Morgan fingerprint density at radius 2 is 2.14 bits per heavy atom. The molecule has 1 aromatic rings. The zero-order valence-electron chi connectivity index (χ0n) is 12.9. The largest absolute Gasteiger partial charge is 0.381 e. The highest BCUT2D eigenvalue weighted by molar-refractivity contribution is 6.45. The maximum absolute atomic E-state index is 12.3. The molecule has 1 saturated carbocycles. The van der Waals surface area contributed by atoms with Gasteiger partial charge in [0.2, 0.25) is 0 Å². The summed E-state index contributed by atoms with van der Waals surface area (Å²) in [5.74, 6) is 0.440. The van der Waals surface area contributed by atoms with Crippen LogP contribution in [0.4, 0.5) is 5.82 Å². The highest BCUT2D eigenvalue weighted by Gasteiger charge is 2.41. The quantitative estimate of drug-likeness (QED) is 0.891. The SMILES string of the molecule is CC(C)(C)c1cc(N2C(=O)C(Cl)=C(NC3CCC3)C2O)no1. The molecule has 2 aliphatic rings. The number of carbonyl (C=O) groups is 1. The molecule has 7 heteroatoms. The monoisotopic (exact) mass is 325 g/mol. The first kappa shape index (κ1) is 15.4. The third-order valence-electron chi connectivity index (χ3n) is 4.09. The molecular weight excluding hydrogens is 306 g/mol. The Morgan fingerprint density at radius 1 is 1.45 bits per heavy atom. The first-order valence-corrected chi connectivity index (χ1v) is 7.82. The standard InChI is InChI=1S/C15H20ClN3O3/c1-15(2,3)9-7-10(18-22-9)19-13(20)11(16)12(14(19)21)17-8-5-4-6-8/h7-8,14,17,21H,4-6H2,1-3H3. The van der Waals surface area contributed by atoms with Crippen molar-refractivity contribution in [3.8, 4) is 0 Å². The maximum atomic E-state index is 12.3. The van der Waals surface area contributed by atoms with Crippen LogP contribution in [0.2, 0.25) is 0 Å². The van der Waals surface area contributed by atoms with Crippen molar-refractivity contribution in [3.63, 3.8) is 0 Å². The lowest BCUT2D eigenvalue weighted by Crippen LogP contribution is -2.42. The average molecular weight is 326 g/mol. The van der Waals surface area contributed by atoms with Gasteiger partial charge in [-0.2, -0.15) is 0 Å². The second kappa shape index (κ2) is 5.28. The highest BCUT2D eigenvalue weighted by atomic mass is 35.5. The van der Waals surface area contributed by atoms with Crippen LogP contribution in [0.3, 0.4) is 0 Å². The summed E-state index contributed by atoms with van der Waals surface area (Å²) in [5.41, 5.74) is 0.125. The van der Waals surface area contributed by atoms with Gasteiger partial charge >= 0.3 is 0 Å². The summed E-state index contributed by atoms with van der Waals surface area (Å²) in [6.07, 6.45) is 2.03. The summed E-state index contributed by atoms with van der Waals surface area (Å²) in [6, 6.07) is 1.94. The van der Waals surface area contributed by atoms with Gasteiger partial charge in [-0.05, 0) is 19.3 Å². The van der Waals surface area contributed by atoms with E-state index in [1.165, 1.54) is 0 Å². The average Bonchev–Trinajstić information content (AvgIpc) is 2.92. The molecule has 1 atom stereocenters. The molecule has 1 aliphatic carbocycles. The molecule has 2 heterocycles. The van der Waals surface area contributed by atoms with Crippen molar-refractivity contribution < 1.29 is 14.4 Å². The van der Waals surface area contributed by atoms with Gasteiger partial charge in [-0.25, -0.2) is 0 Å². The molecular formula is C15H20ClN3O3. The number of aliphatic hydroxyl groups is 1. The summed E-state index contributed by atoms with van der Waals surface area (Å²) in [6.45, 7) is 5.94. The Balaban J connectivity index is 1.83. The van der Waals surface area contributed by atoms with Gasteiger partial charge in [-0.3, -0.25) is 9.69 Å². The number of anilines is 1. The molecule has 22 heavy (non-hydrogen) atoms. The predicted octanol–water partition coefficient (Wildman–Crippen LogP) is 2.23. The van der Waals surface area contributed by atoms with Crippen LogP contribution in [0, 0.1) is 0 Å². The number of nitrogens with one attached hydrogen (secondary N) is 1. The van der Waals surface area contributed by atoms with Crippen molar-refractivity contribution >= 4 is 23.3 Å². The number of hydrogen-bond donors (Lipinski definition) is 2. The van der Waals surface area contributed by atoms with E-state index in [1.807, 2.05) is 20.8 Å². The molecule has 1 aromatic heterocycles. The lowest BCUT2D eigenvalue weighted by atomic mass is 9.93. The van der Waals surface area contributed by atoms with Crippen LogP contribution >= 0.6 is 11.6 Å².